The lowest BCUT2D eigenvalue weighted by molar-refractivity contribution is -0.141. The topological polar surface area (TPSA) is 61.9 Å². The summed E-state index contributed by atoms with van der Waals surface area (Å²) in [5.74, 6) is 0.997. The summed E-state index contributed by atoms with van der Waals surface area (Å²) in [6, 6.07) is 9.86. The van der Waals surface area contributed by atoms with Gasteiger partial charge < -0.3 is 19.9 Å². The normalized spacial score (nSPS) is 23.6. The second-order valence-corrected chi connectivity index (χ2v) is 7.23. The molecule has 2 saturated heterocycles. The lowest BCUT2D eigenvalue weighted by Gasteiger charge is -2.38. The number of ether oxygens (including phenoxy) is 1. The Morgan fingerprint density at radius 2 is 1.96 bits per heavy atom. The minimum absolute atomic E-state index is 0.0620. The van der Waals surface area contributed by atoms with Crippen LogP contribution in [0.3, 0.4) is 0 Å². The Kier molecular flexibility index (Phi) is 6.50. The van der Waals surface area contributed by atoms with Crippen LogP contribution in [-0.4, -0.2) is 67.0 Å². The minimum Gasteiger partial charge on any atom is -0.493 e. The number of carbonyl (C=O) groups excluding carboxylic acids is 2. The molecule has 142 valence electrons. The van der Waals surface area contributed by atoms with Crippen molar-refractivity contribution in [1.82, 2.24) is 15.1 Å². The number of rotatable bonds is 5. The van der Waals surface area contributed by atoms with Gasteiger partial charge in [0.05, 0.1) is 18.9 Å². The van der Waals surface area contributed by atoms with Gasteiger partial charge in [0.1, 0.15) is 5.75 Å². The molecule has 2 fully saturated rings. The summed E-state index contributed by atoms with van der Waals surface area (Å²) >= 11 is 0. The summed E-state index contributed by atoms with van der Waals surface area (Å²) in [7, 11) is 0. The highest BCUT2D eigenvalue weighted by molar-refractivity contribution is 5.81. The van der Waals surface area contributed by atoms with E-state index in [1.54, 1.807) is 0 Å². The number of hydrogen-bond acceptors (Lipinski definition) is 4. The average molecular weight is 359 g/mol. The van der Waals surface area contributed by atoms with Gasteiger partial charge in [-0.05, 0) is 31.9 Å². The van der Waals surface area contributed by atoms with E-state index in [1.807, 2.05) is 40.1 Å². The maximum atomic E-state index is 12.8. The van der Waals surface area contributed by atoms with Crippen molar-refractivity contribution in [3.8, 4) is 5.75 Å². The number of piperidine rings is 1. The summed E-state index contributed by atoms with van der Waals surface area (Å²) in [5, 5.41) is 3.36. The number of benzene rings is 1. The molecular weight excluding hydrogens is 330 g/mol. The number of nitrogens with one attached hydrogen (secondary N) is 1. The van der Waals surface area contributed by atoms with E-state index >= 15 is 0 Å². The largest absolute Gasteiger partial charge is 0.493 e. The van der Waals surface area contributed by atoms with Gasteiger partial charge in [0, 0.05) is 38.8 Å². The summed E-state index contributed by atoms with van der Waals surface area (Å²) in [6.45, 7) is 6.12. The van der Waals surface area contributed by atoms with Crippen LogP contribution in [0.4, 0.5) is 0 Å². The van der Waals surface area contributed by atoms with E-state index in [4.69, 9.17) is 4.74 Å². The van der Waals surface area contributed by atoms with Crippen molar-refractivity contribution in [3.05, 3.63) is 30.3 Å². The first kappa shape index (κ1) is 18.7. The van der Waals surface area contributed by atoms with Gasteiger partial charge in [-0.3, -0.25) is 9.59 Å². The molecule has 0 saturated carbocycles. The summed E-state index contributed by atoms with van der Waals surface area (Å²) in [5.41, 5.74) is 0. The SMILES string of the molecule is CC1CN(C(=O)C2CCCN(C(=O)CCOc3ccccc3)C2)CCN1. The Balaban J connectivity index is 1.46. The van der Waals surface area contributed by atoms with Crippen molar-refractivity contribution < 1.29 is 14.3 Å². The molecule has 3 rings (SSSR count). The third-order valence-corrected chi connectivity index (χ3v) is 5.13. The number of nitrogens with zero attached hydrogens (tertiary/aromatic N) is 2. The van der Waals surface area contributed by atoms with Crippen molar-refractivity contribution in [1.29, 1.82) is 0 Å². The number of piperazine rings is 1. The van der Waals surface area contributed by atoms with Crippen molar-refractivity contribution in [2.24, 2.45) is 5.92 Å². The fourth-order valence-electron chi connectivity index (χ4n) is 3.73. The van der Waals surface area contributed by atoms with Gasteiger partial charge in [-0.1, -0.05) is 18.2 Å². The number of carbonyl (C=O) groups is 2. The second-order valence-electron chi connectivity index (χ2n) is 7.23. The third-order valence-electron chi connectivity index (χ3n) is 5.13. The quantitative estimate of drug-likeness (QED) is 0.866. The monoisotopic (exact) mass is 359 g/mol. The Bertz CT molecular complexity index is 608. The molecule has 2 aliphatic heterocycles. The van der Waals surface area contributed by atoms with Crippen LogP contribution in [0, 0.1) is 5.92 Å². The molecule has 2 unspecified atom stereocenters. The fourth-order valence-corrected chi connectivity index (χ4v) is 3.73. The second kappa shape index (κ2) is 9.03. The maximum absolute atomic E-state index is 12.8. The van der Waals surface area contributed by atoms with Crippen LogP contribution in [0.15, 0.2) is 30.3 Å². The van der Waals surface area contributed by atoms with Crippen LogP contribution in [0.1, 0.15) is 26.2 Å². The average Bonchev–Trinajstić information content (AvgIpc) is 2.68. The Hall–Kier alpha value is -2.08. The Morgan fingerprint density at radius 3 is 2.73 bits per heavy atom. The Morgan fingerprint density at radius 1 is 1.15 bits per heavy atom. The summed E-state index contributed by atoms with van der Waals surface area (Å²) in [6.07, 6.45) is 2.12. The minimum atomic E-state index is -0.0620. The van der Waals surface area contributed by atoms with Gasteiger partial charge in [-0.15, -0.1) is 0 Å². The molecule has 6 heteroatoms. The van der Waals surface area contributed by atoms with Gasteiger partial charge in [0.25, 0.3) is 0 Å². The molecule has 0 aromatic heterocycles. The van der Waals surface area contributed by atoms with Gasteiger partial charge in [0.15, 0.2) is 0 Å². The van der Waals surface area contributed by atoms with E-state index in [9.17, 15) is 9.59 Å². The van der Waals surface area contributed by atoms with Crippen LogP contribution in [0.5, 0.6) is 5.75 Å². The zero-order valence-corrected chi connectivity index (χ0v) is 15.5. The molecular formula is C20H29N3O3. The highest BCUT2D eigenvalue weighted by Gasteiger charge is 2.32. The number of likely N-dealkylation sites (tertiary alicyclic amines) is 1. The molecule has 2 aliphatic rings. The zero-order chi connectivity index (χ0) is 18.4. The van der Waals surface area contributed by atoms with E-state index < -0.39 is 0 Å². The molecule has 0 radical (unpaired) electrons. The van der Waals surface area contributed by atoms with Gasteiger partial charge in [-0.25, -0.2) is 0 Å². The van der Waals surface area contributed by atoms with Crippen molar-refractivity contribution in [2.75, 3.05) is 39.3 Å². The summed E-state index contributed by atoms with van der Waals surface area (Å²) in [4.78, 5) is 29.1. The molecule has 6 nitrogen and oxygen atoms in total. The first-order chi connectivity index (χ1) is 12.6. The van der Waals surface area contributed by atoms with Gasteiger partial charge in [0.2, 0.25) is 11.8 Å². The molecule has 1 N–H and O–H groups in total. The summed E-state index contributed by atoms with van der Waals surface area (Å²) < 4.78 is 5.62. The van der Waals surface area contributed by atoms with Crippen molar-refractivity contribution in [3.63, 3.8) is 0 Å². The van der Waals surface area contributed by atoms with Crippen LogP contribution in [-0.2, 0) is 9.59 Å². The molecule has 2 amide bonds. The lowest BCUT2D eigenvalue weighted by Crippen LogP contribution is -2.54. The fraction of sp³-hybridized carbons (Fsp3) is 0.600. The van der Waals surface area contributed by atoms with Crippen LogP contribution in [0.25, 0.3) is 0 Å². The van der Waals surface area contributed by atoms with Crippen molar-refractivity contribution >= 4 is 11.8 Å². The van der Waals surface area contributed by atoms with E-state index in [2.05, 4.69) is 12.2 Å². The zero-order valence-electron chi connectivity index (χ0n) is 15.5. The van der Waals surface area contributed by atoms with E-state index in [0.29, 0.717) is 25.6 Å². The molecule has 0 aliphatic carbocycles. The van der Waals surface area contributed by atoms with E-state index in [1.165, 1.54) is 0 Å². The standard InChI is InChI=1S/C20H29N3O3/c1-16-14-23(12-10-21-16)20(25)17-6-5-11-22(15-17)19(24)9-13-26-18-7-3-2-4-8-18/h2-4,7-8,16-17,21H,5-6,9-15H2,1H3. The van der Waals surface area contributed by atoms with Crippen molar-refractivity contribution in [2.45, 2.75) is 32.2 Å². The number of amides is 2. The lowest BCUT2D eigenvalue weighted by atomic mass is 9.95. The smallest absolute Gasteiger partial charge is 0.227 e. The number of para-hydroxylation sites is 1. The Labute approximate surface area is 155 Å². The van der Waals surface area contributed by atoms with Gasteiger partial charge in [-0.2, -0.15) is 0 Å². The highest BCUT2D eigenvalue weighted by atomic mass is 16.5. The first-order valence-electron chi connectivity index (χ1n) is 9.61. The molecule has 2 heterocycles. The predicted octanol–water partition coefficient (Wildman–Crippen LogP) is 1.51. The van der Waals surface area contributed by atoms with E-state index in [0.717, 1.165) is 44.8 Å². The van der Waals surface area contributed by atoms with Crippen LogP contribution >= 0.6 is 0 Å². The van der Waals surface area contributed by atoms with E-state index in [-0.39, 0.29) is 17.7 Å². The van der Waals surface area contributed by atoms with Crippen LogP contribution in [0.2, 0.25) is 0 Å². The molecule has 1 aromatic carbocycles. The third kappa shape index (κ3) is 4.97. The number of hydrogen-bond donors (Lipinski definition) is 1. The predicted molar refractivity (Wildman–Crippen MR) is 99.9 cm³/mol. The molecule has 0 bridgehead atoms. The molecule has 26 heavy (non-hydrogen) atoms. The van der Waals surface area contributed by atoms with Gasteiger partial charge >= 0.3 is 0 Å². The molecule has 1 aromatic rings. The molecule has 0 spiro atoms. The van der Waals surface area contributed by atoms with Crippen LogP contribution < -0.4 is 10.1 Å². The molecule has 2 atom stereocenters. The highest BCUT2D eigenvalue weighted by Crippen LogP contribution is 2.20. The maximum Gasteiger partial charge on any atom is 0.227 e. The first-order valence-corrected chi connectivity index (χ1v) is 9.61.